The van der Waals surface area contributed by atoms with Crippen LogP contribution in [-0.2, 0) is 10.0 Å². The molecule has 0 amide bonds. The van der Waals surface area contributed by atoms with Gasteiger partial charge in [0.15, 0.2) is 0 Å². The van der Waals surface area contributed by atoms with Crippen molar-refractivity contribution in [1.82, 2.24) is 4.31 Å². The van der Waals surface area contributed by atoms with Crippen LogP contribution >= 0.6 is 11.6 Å². The van der Waals surface area contributed by atoms with E-state index >= 15 is 0 Å². The first-order chi connectivity index (χ1) is 8.43. The molecule has 18 heavy (non-hydrogen) atoms. The van der Waals surface area contributed by atoms with E-state index in [2.05, 4.69) is 0 Å². The van der Waals surface area contributed by atoms with Crippen molar-refractivity contribution in [1.29, 1.82) is 0 Å². The first kappa shape index (κ1) is 15.4. The maximum absolute atomic E-state index is 12.4. The van der Waals surface area contributed by atoms with Crippen LogP contribution in [0.5, 0.6) is 0 Å². The Kier molecular flexibility index (Phi) is 5.59. The Morgan fingerprint density at radius 2 is 2.00 bits per heavy atom. The third kappa shape index (κ3) is 3.45. The highest BCUT2D eigenvalue weighted by Gasteiger charge is 2.25. The third-order valence-corrected chi connectivity index (χ3v) is 4.91. The number of benzene rings is 1. The molecule has 0 unspecified atom stereocenters. The third-order valence-electron chi connectivity index (χ3n) is 2.53. The van der Waals surface area contributed by atoms with Crippen LogP contribution in [0.2, 0.25) is 5.02 Å². The van der Waals surface area contributed by atoms with Gasteiger partial charge in [0.05, 0.1) is 11.6 Å². The van der Waals surface area contributed by atoms with E-state index in [4.69, 9.17) is 16.7 Å². The van der Waals surface area contributed by atoms with Crippen LogP contribution in [0.15, 0.2) is 23.1 Å². The molecule has 1 rings (SSSR count). The van der Waals surface area contributed by atoms with Crippen molar-refractivity contribution in [2.24, 2.45) is 0 Å². The zero-order chi connectivity index (χ0) is 13.8. The van der Waals surface area contributed by atoms with E-state index in [9.17, 15) is 8.42 Å². The molecule has 0 radical (unpaired) electrons. The zero-order valence-corrected chi connectivity index (χ0v) is 12.1. The molecule has 0 saturated heterocycles. The highest BCUT2D eigenvalue weighted by molar-refractivity contribution is 7.89. The van der Waals surface area contributed by atoms with E-state index in [0.717, 1.165) is 5.56 Å². The molecule has 1 aromatic rings. The first-order valence-corrected chi connectivity index (χ1v) is 7.62. The van der Waals surface area contributed by atoms with Crippen LogP contribution in [0.25, 0.3) is 0 Å². The molecule has 4 nitrogen and oxygen atoms in total. The summed E-state index contributed by atoms with van der Waals surface area (Å²) in [7, 11) is -3.63. The number of hydrogen-bond donors (Lipinski definition) is 1. The van der Waals surface area contributed by atoms with Gasteiger partial charge < -0.3 is 5.11 Å². The predicted octanol–water partition coefficient (Wildman–Crippen LogP) is 2.04. The van der Waals surface area contributed by atoms with Gasteiger partial charge in [-0.1, -0.05) is 24.6 Å². The van der Waals surface area contributed by atoms with E-state index in [0.29, 0.717) is 13.0 Å². The Labute approximate surface area is 113 Å². The topological polar surface area (TPSA) is 57.6 Å². The maximum atomic E-state index is 12.4. The Morgan fingerprint density at radius 1 is 1.33 bits per heavy atom. The van der Waals surface area contributed by atoms with Gasteiger partial charge in [-0.15, -0.1) is 0 Å². The molecule has 1 aromatic carbocycles. The lowest BCUT2D eigenvalue weighted by Crippen LogP contribution is -2.34. The molecular formula is C12H18ClNO3S. The summed E-state index contributed by atoms with van der Waals surface area (Å²) in [5, 5.41) is 9.16. The summed E-state index contributed by atoms with van der Waals surface area (Å²) in [6.07, 6.45) is 0.683. The van der Waals surface area contributed by atoms with Crippen molar-refractivity contribution in [3.05, 3.63) is 28.8 Å². The van der Waals surface area contributed by atoms with Gasteiger partial charge in [-0.25, -0.2) is 8.42 Å². The van der Waals surface area contributed by atoms with Gasteiger partial charge in [-0.3, -0.25) is 0 Å². The second-order valence-corrected chi connectivity index (χ2v) is 6.38. The minimum Gasteiger partial charge on any atom is -0.395 e. The Morgan fingerprint density at radius 3 is 2.50 bits per heavy atom. The number of aliphatic hydroxyl groups excluding tert-OH is 1. The standard InChI is InChI=1S/C12H18ClNO3S/c1-3-6-14(7-8-15)18(16,17)12-5-4-10(2)9-11(12)13/h4-5,9,15H,3,6-8H2,1-2H3. The van der Waals surface area contributed by atoms with Gasteiger partial charge >= 0.3 is 0 Å². The van der Waals surface area contributed by atoms with Gasteiger partial charge in [0, 0.05) is 13.1 Å². The fourth-order valence-corrected chi connectivity index (χ4v) is 3.76. The van der Waals surface area contributed by atoms with Crippen LogP contribution in [0.1, 0.15) is 18.9 Å². The fraction of sp³-hybridized carbons (Fsp3) is 0.500. The largest absolute Gasteiger partial charge is 0.395 e. The summed E-state index contributed by atoms with van der Waals surface area (Å²) in [6, 6.07) is 4.84. The van der Waals surface area contributed by atoms with Crippen molar-refractivity contribution in [3.8, 4) is 0 Å². The molecule has 0 bridgehead atoms. The SMILES string of the molecule is CCCN(CCO)S(=O)(=O)c1ccc(C)cc1Cl. The quantitative estimate of drug-likeness (QED) is 0.872. The van der Waals surface area contributed by atoms with Crippen LogP contribution in [0.3, 0.4) is 0 Å². The first-order valence-electron chi connectivity index (χ1n) is 5.80. The highest BCUT2D eigenvalue weighted by atomic mass is 35.5. The Balaban J connectivity index is 3.17. The minimum atomic E-state index is -3.63. The van der Waals surface area contributed by atoms with Crippen LogP contribution in [0.4, 0.5) is 0 Å². The summed E-state index contributed by atoms with van der Waals surface area (Å²) >= 11 is 5.99. The molecule has 0 saturated carbocycles. The lowest BCUT2D eigenvalue weighted by molar-refractivity contribution is 0.253. The summed E-state index contributed by atoms with van der Waals surface area (Å²) in [5.41, 5.74) is 0.906. The fourth-order valence-electron chi connectivity index (χ4n) is 1.67. The molecule has 0 aliphatic carbocycles. The smallest absolute Gasteiger partial charge is 0.244 e. The van der Waals surface area contributed by atoms with Crippen LogP contribution in [-0.4, -0.2) is 37.5 Å². The lowest BCUT2D eigenvalue weighted by Gasteiger charge is -2.21. The van der Waals surface area contributed by atoms with E-state index in [-0.39, 0.29) is 23.1 Å². The average molecular weight is 292 g/mol. The van der Waals surface area contributed by atoms with Crippen molar-refractivity contribution in [3.63, 3.8) is 0 Å². The van der Waals surface area contributed by atoms with E-state index in [1.54, 1.807) is 12.1 Å². The summed E-state index contributed by atoms with van der Waals surface area (Å²) < 4.78 is 26.0. The molecule has 0 heterocycles. The van der Waals surface area contributed by atoms with Gasteiger partial charge in [-0.2, -0.15) is 4.31 Å². The molecule has 0 fully saturated rings. The average Bonchev–Trinajstić information content (AvgIpc) is 2.28. The normalized spacial score (nSPS) is 12.1. The van der Waals surface area contributed by atoms with Crippen LogP contribution in [0, 0.1) is 6.92 Å². The van der Waals surface area contributed by atoms with E-state index in [1.165, 1.54) is 10.4 Å². The number of hydrogen-bond acceptors (Lipinski definition) is 3. The summed E-state index contributed by atoms with van der Waals surface area (Å²) in [6.45, 7) is 3.98. The van der Waals surface area contributed by atoms with Crippen molar-refractivity contribution in [2.45, 2.75) is 25.2 Å². The number of nitrogens with zero attached hydrogens (tertiary/aromatic N) is 1. The van der Waals surface area contributed by atoms with E-state index in [1.807, 2.05) is 13.8 Å². The molecule has 0 atom stereocenters. The van der Waals surface area contributed by atoms with Crippen molar-refractivity contribution < 1.29 is 13.5 Å². The maximum Gasteiger partial charge on any atom is 0.244 e. The number of halogens is 1. The summed E-state index contributed by atoms with van der Waals surface area (Å²) in [5.74, 6) is 0. The Bertz CT molecular complexity index is 496. The lowest BCUT2D eigenvalue weighted by atomic mass is 10.2. The predicted molar refractivity (Wildman–Crippen MR) is 72.3 cm³/mol. The molecule has 0 spiro atoms. The molecule has 0 aliphatic heterocycles. The van der Waals surface area contributed by atoms with Crippen molar-refractivity contribution >= 4 is 21.6 Å². The number of rotatable bonds is 6. The molecule has 0 aromatic heterocycles. The molecule has 6 heteroatoms. The second-order valence-electron chi connectivity index (χ2n) is 4.06. The van der Waals surface area contributed by atoms with Gasteiger partial charge in [-0.05, 0) is 31.0 Å². The Hall–Kier alpha value is -0.620. The monoisotopic (exact) mass is 291 g/mol. The number of aliphatic hydroxyl groups is 1. The minimum absolute atomic E-state index is 0.0837. The number of aryl methyl sites for hydroxylation is 1. The van der Waals surface area contributed by atoms with Gasteiger partial charge in [0.2, 0.25) is 10.0 Å². The number of sulfonamides is 1. The molecule has 1 N–H and O–H groups in total. The van der Waals surface area contributed by atoms with Gasteiger partial charge in [0.1, 0.15) is 4.90 Å². The van der Waals surface area contributed by atoms with E-state index < -0.39 is 10.0 Å². The molecular weight excluding hydrogens is 274 g/mol. The van der Waals surface area contributed by atoms with Crippen LogP contribution < -0.4 is 0 Å². The highest BCUT2D eigenvalue weighted by Crippen LogP contribution is 2.25. The zero-order valence-electron chi connectivity index (χ0n) is 10.6. The summed E-state index contributed by atoms with van der Waals surface area (Å²) in [4.78, 5) is 0.0941. The van der Waals surface area contributed by atoms with Crippen molar-refractivity contribution in [2.75, 3.05) is 19.7 Å². The molecule has 102 valence electrons. The van der Waals surface area contributed by atoms with Gasteiger partial charge in [0.25, 0.3) is 0 Å². The second kappa shape index (κ2) is 6.52. The molecule has 0 aliphatic rings.